The Morgan fingerprint density at radius 3 is 2.29 bits per heavy atom. The van der Waals surface area contributed by atoms with E-state index in [9.17, 15) is 14.7 Å². The normalized spacial score (nSPS) is 13.5. The summed E-state index contributed by atoms with van der Waals surface area (Å²) in [7, 11) is 0. The summed E-state index contributed by atoms with van der Waals surface area (Å²) in [5.74, 6) is -0.0965. The van der Waals surface area contributed by atoms with Gasteiger partial charge in [-0.05, 0) is 41.0 Å². The number of fused-ring (bicyclic) bond motifs is 3. The number of ether oxygens (including phenoxy) is 1. The van der Waals surface area contributed by atoms with Crippen molar-refractivity contribution in [3.8, 4) is 11.1 Å². The summed E-state index contributed by atoms with van der Waals surface area (Å²) in [6.07, 6.45) is 0.0933. The number of nitrogens with one attached hydrogen (secondary N) is 1. The molecule has 1 atom stereocenters. The number of benzene rings is 2. The van der Waals surface area contributed by atoms with Gasteiger partial charge in [-0.3, -0.25) is 0 Å². The van der Waals surface area contributed by atoms with Gasteiger partial charge in [0.1, 0.15) is 12.6 Å². The van der Waals surface area contributed by atoms with Gasteiger partial charge >= 0.3 is 12.1 Å². The van der Waals surface area contributed by atoms with Crippen LogP contribution >= 0.6 is 11.8 Å². The molecule has 6 nitrogen and oxygen atoms in total. The molecule has 0 aliphatic heterocycles. The Labute approximate surface area is 168 Å². The molecule has 7 heteroatoms. The molecule has 0 heterocycles. The predicted molar refractivity (Wildman–Crippen MR) is 111 cm³/mol. The number of nitrogens with two attached hydrogens (primary N) is 1. The molecule has 0 fully saturated rings. The quantitative estimate of drug-likeness (QED) is 0.559. The van der Waals surface area contributed by atoms with E-state index in [4.69, 9.17) is 10.5 Å². The third-order valence-corrected chi connectivity index (χ3v) is 5.86. The number of carbonyl (C=O) groups is 2. The van der Waals surface area contributed by atoms with E-state index in [1.165, 1.54) is 11.8 Å². The summed E-state index contributed by atoms with van der Waals surface area (Å²) >= 11 is 1.45. The molecular weight excluding hydrogens is 376 g/mol. The second kappa shape index (κ2) is 9.61. The van der Waals surface area contributed by atoms with Gasteiger partial charge in [0.15, 0.2) is 0 Å². The summed E-state index contributed by atoms with van der Waals surface area (Å²) in [6.45, 7) is 0.719. The van der Waals surface area contributed by atoms with E-state index in [1.54, 1.807) is 0 Å². The number of hydrogen-bond acceptors (Lipinski definition) is 5. The Morgan fingerprint density at radius 2 is 1.71 bits per heavy atom. The number of hydrogen-bond donors (Lipinski definition) is 3. The van der Waals surface area contributed by atoms with E-state index in [0.29, 0.717) is 6.54 Å². The van der Waals surface area contributed by atoms with Crippen LogP contribution < -0.4 is 11.1 Å². The van der Waals surface area contributed by atoms with Crippen LogP contribution in [0, 0.1) is 0 Å². The molecule has 0 aromatic heterocycles. The first-order valence-corrected chi connectivity index (χ1v) is 10.4. The van der Waals surface area contributed by atoms with Crippen LogP contribution in [0.15, 0.2) is 48.5 Å². The Bertz CT molecular complexity index is 797. The van der Waals surface area contributed by atoms with Gasteiger partial charge < -0.3 is 20.9 Å². The SMILES string of the molecule is NCCCSCC(NC(=O)OCC1c2ccccc2-c2ccccc21)C(=O)O. The van der Waals surface area contributed by atoms with Crippen molar-refractivity contribution >= 4 is 23.8 Å². The molecule has 4 N–H and O–H groups in total. The van der Waals surface area contributed by atoms with Crippen LogP contribution in [-0.4, -0.2) is 47.9 Å². The van der Waals surface area contributed by atoms with Gasteiger partial charge in [0, 0.05) is 11.7 Å². The van der Waals surface area contributed by atoms with Crippen molar-refractivity contribution < 1.29 is 19.4 Å². The number of thioether (sulfide) groups is 1. The minimum atomic E-state index is -1.08. The van der Waals surface area contributed by atoms with Gasteiger partial charge in [-0.2, -0.15) is 11.8 Å². The van der Waals surface area contributed by atoms with Crippen LogP contribution in [0.5, 0.6) is 0 Å². The van der Waals surface area contributed by atoms with Crippen molar-refractivity contribution in [3.05, 3.63) is 59.7 Å². The smallest absolute Gasteiger partial charge is 0.407 e. The highest BCUT2D eigenvalue weighted by atomic mass is 32.2. The highest BCUT2D eigenvalue weighted by Crippen LogP contribution is 2.44. The fraction of sp³-hybridized carbons (Fsp3) is 0.333. The molecule has 0 bridgehead atoms. The topological polar surface area (TPSA) is 102 Å². The monoisotopic (exact) mass is 400 g/mol. The molecule has 0 saturated carbocycles. The van der Waals surface area contributed by atoms with Crippen molar-refractivity contribution in [1.29, 1.82) is 0 Å². The maximum Gasteiger partial charge on any atom is 0.407 e. The van der Waals surface area contributed by atoms with Gasteiger partial charge in [0.05, 0.1) is 0 Å². The maximum absolute atomic E-state index is 12.2. The number of carbonyl (C=O) groups excluding carboxylic acids is 1. The Hall–Kier alpha value is -2.51. The maximum atomic E-state index is 12.2. The first-order chi connectivity index (χ1) is 13.6. The zero-order valence-electron chi connectivity index (χ0n) is 15.5. The van der Waals surface area contributed by atoms with Gasteiger partial charge in [0.2, 0.25) is 0 Å². The van der Waals surface area contributed by atoms with E-state index in [1.807, 2.05) is 36.4 Å². The second-order valence-corrected chi connectivity index (χ2v) is 7.73. The van der Waals surface area contributed by atoms with E-state index < -0.39 is 18.1 Å². The number of amides is 1. The minimum absolute atomic E-state index is 0.0552. The van der Waals surface area contributed by atoms with Crippen molar-refractivity contribution in [2.75, 3.05) is 24.7 Å². The standard InChI is InChI=1S/C21H24N2O4S/c22-10-5-11-28-13-19(20(24)25)23-21(26)27-12-18-16-8-3-1-6-14(16)15-7-2-4-9-17(15)18/h1-4,6-9,18-19H,5,10-13,22H2,(H,23,26)(H,24,25). The summed E-state index contributed by atoms with van der Waals surface area (Å²) in [6, 6.07) is 15.1. The Balaban J connectivity index is 1.60. The van der Waals surface area contributed by atoms with Crippen LogP contribution in [-0.2, 0) is 9.53 Å². The van der Waals surface area contributed by atoms with Crippen LogP contribution in [0.4, 0.5) is 4.79 Å². The molecule has 0 saturated heterocycles. The third kappa shape index (κ3) is 4.66. The molecule has 2 aromatic rings. The van der Waals surface area contributed by atoms with E-state index in [0.717, 1.165) is 34.4 Å². The zero-order chi connectivity index (χ0) is 19.9. The van der Waals surface area contributed by atoms with E-state index in [-0.39, 0.29) is 18.3 Å². The lowest BCUT2D eigenvalue weighted by atomic mass is 9.98. The second-order valence-electron chi connectivity index (χ2n) is 6.58. The fourth-order valence-electron chi connectivity index (χ4n) is 3.34. The molecule has 2 aromatic carbocycles. The lowest BCUT2D eigenvalue weighted by Crippen LogP contribution is -2.43. The van der Waals surface area contributed by atoms with Gasteiger partial charge in [-0.15, -0.1) is 0 Å². The van der Waals surface area contributed by atoms with E-state index >= 15 is 0 Å². The van der Waals surface area contributed by atoms with Crippen LogP contribution in [0.25, 0.3) is 11.1 Å². The highest BCUT2D eigenvalue weighted by Gasteiger charge is 2.29. The van der Waals surface area contributed by atoms with Crippen LogP contribution in [0.3, 0.4) is 0 Å². The van der Waals surface area contributed by atoms with Crippen molar-refractivity contribution in [1.82, 2.24) is 5.32 Å². The molecule has 28 heavy (non-hydrogen) atoms. The van der Waals surface area contributed by atoms with Gasteiger partial charge in [-0.25, -0.2) is 9.59 Å². The molecule has 1 amide bonds. The van der Waals surface area contributed by atoms with Crippen molar-refractivity contribution in [2.24, 2.45) is 5.73 Å². The Kier molecular flexibility index (Phi) is 6.95. The molecule has 0 spiro atoms. The van der Waals surface area contributed by atoms with Crippen molar-refractivity contribution in [2.45, 2.75) is 18.4 Å². The van der Waals surface area contributed by atoms with Gasteiger partial charge in [0.25, 0.3) is 0 Å². The van der Waals surface area contributed by atoms with Crippen molar-refractivity contribution in [3.63, 3.8) is 0 Å². The average Bonchev–Trinajstić information content (AvgIpc) is 3.02. The molecule has 148 valence electrons. The molecule has 3 rings (SSSR count). The van der Waals surface area contributed by atoms with Crippen LogP contribution in [0.1, 0.15) is 23.5 Å². The lowest BCUT2D eigenvalue weighted by molar-refractivity contribution is -0.138. The molecular formula is C21H24N2O4S. The van der Waals surface area contributed by atoms with Gasteiger partial charge in [-0.1, -0.05) is 48.5 Å². The Morgan fingerprint density at radius 1 is 1.11 bits per heavy atom. The highest BCUT2D eigenvalue weighted by molar-refractivity contribution is 7.99. The lowest BCUT2D eigenvalue weighted by Gasteiger charge is -2.17. The summed E-state index contributed by atoms with van der Waals surface area (Å²) in [5, 5.41) is 11.8. The number of carboxylic acid groups (broad SMARTS) is 1. The first kappa shape index (κ1) is 20.2. The predicted octanol–water partition coefficient (Wildman–Crippen LogP) is 3.06. The minimum Gasteiger partial charge on any atom is -0.480 e. The fourth-order valence-corrected chi connectivity index (χ4v) is 4.34. The van der Waals surface area contributed by atoms with E-state index in [2.05, 4.69) is 17.4 Å². The zero-order valence-corrected chi connectivity index (χ0v) is 16.3. The molecule has 1 aliphatic carbocycles. The third-order valence-electron chi connectivity index (χ3n) is 4.71. The first-order valence-electron chi connectivity index (χ1n) is 9.24. The largest absolute Gasteiger partial charge is 0.480 e. The summed E-state index contributed by atoms with van der Waals surface area (Å²) in [5.41, 5.74) is 9.95. The average molecular weight is 401 g/mol. The number of alkyl carbamates (subject to hydrolysis) is 1. The number of aliphatic carboxylic acids is 1. The summed E-state index contributed by atoms with van der Waals surface area (Å²) in [4.78, 5) is 23.6. The number of carboxylic acids is 1. The number of rotatable bonds is 9. The molecule has 1 unspecified atom stereocenters. The summed E-state index contributed by atoms with van der Waals surface area (Å²) < 4.78 is 5.41. The molecule has 0 radical (unpaired) electrons. The van der Waals surface area contributed by atoms with Crippen LogP contribution in [0.2, 0.25) is 0 Å². The molecule has 1 aliphatic rings.